The molecule has 0 radical (unpaired) electrons. The highest BCUT2D eigenvalue weighted by Crippen LogP contribution is 2.21. The average Bonchev–Trinajstić information content (AvgIpc) is 2.80. The Balaban J connectivity index is 2.09. The van der Waals surface area contributed by atoms with Gasteiger partial charge in [-0.1, -0.05) is 24.6 Å². The van der Waals surface area contributed by atoms with Crippen molar-refractivity contribution in [1.29, 1.82) is 0 Å². The number of hydrogen-bond donors (Lipinski definition) is 1. The molecule has 0 saturated carbocycles. The molecule has 5 nitrogen and oxygen atoms in total. The predicted molar refractivity (Wildman–Crippen MR) is 90.3 cm³/mol. The van der Waals surface area contributed by atoms with E-state index in [0.717, 1.165) is 38.0 Å². The number of benzene rings is 1. The van der Waals surface area contributed by atoms with Gasteiger partial charge < -0.3 is 14.6 Å². The summed E-state index contributed by atoms with van der Waals surface area (Å²) in [6.07, 6.45) is 8.78. The van der Waals surface area contributed by atoms with Crippen LogP contribution in [0.15, 0.2) is 29.3 Å². The van der Waals surface area contributed by atoms with Crippen molar-refractivity contribution in [3.8, 4) is 5.75 Å². The molecule has 0 saturated heterocycles. The molecule has 1 atom stereocenters. The molecule has 1 aromatic carbocycles. The SMILES string of the molecule is COC1=NC(CC=Cc2ccc(OC)cc2C(=O)O)CCCC1. The molecule has 0 aromatic heterocycles. The maximum atomic E-state index is 11.4. The molecule has 1 N–H and O–H groups in total. The molecule has 1 aromatic rings. The van der Waals surface area contributed by atoms with Crippen molar-refractivity contribution in [2.45, 2.75) is 38.1 Å². The molecule has 1 aliphatic rings. The minimum Gasteiger partial charge on any atom is -0.497 e. The van der Waals surface area contributed by atoms with Crippen molar-refractivity contribution in [2.75, 3.05) is 14.2 Å². The Morgan fingerprint density at radius 3 is 2.87 bits per heavy atom. The summed E-state index contributed by atoms with van der Waals surface area (Å²) < 4.78 is 10.4. The van der Waals surface area contributed by atoms with Crippen LogP contribution >= 0.6 is 0 Å². The fraction of sp³-hybridized carbons (Fsp3) is 0.444. The fourth-order valence-electron chi connectivity index (χ4n) is 2.66. The molecular formula is C18H23NO4. The number of rotatable bonds is 5. The van der Waals surface area contributed by atoms with Crippen LogP contribution in [0.3, 0.4) is 0 Å². The molecule has 0 fully saturated rings. The summed E-state index contributed by atoms with van der Waals surface area (Å²) in [5, 5.41) is 9.31. The first-order valence-electron chi connectivity index (χ1n) is 7.82. The van der Waals surface area contributed by atoms with E-state index in [1.807, 2.05) is 12.2 Å². The van der Waals surface area contributed by atoms with Crippen LogP contribution < -0.4 is 4.74 Å². The van der Waals surface area contributed by atoms with E-state index in [0.29, 0.717) is 11.3 Å². The third kappa shape index (κ3) is 4.84. The summed E-state index contributed by atoms with van der Waals surface area (Å²) in [4.78, 5) is 16.0. The van der Waals surface area contributed by atoms with Crippen molar-refractivity contribution in [3.63, 3.8) is 0 Å². The fourth-order valence-corrected chi connectivity index (χ4v) is 2.66. The lowest BCUT2D eigenvalue weighted by Crippen LogP contribution is -2.06. The number of nitrogens with zero attached hydrogens (tertiary/aromatic N) is 1. The Morgan fingerprint density at radius 2 is 2.17 bits per heavy atom. The summed E-state index contributed by atoms with van der Waals surface area (Å²) in [6.45, 7) is 0. The van der Waals surface area contributed by atoms with Crippen molar-refractivity contribution in [3.05, 3.63) is 35.4 Å². The smallest absolute Gasteiger partial charge is 0.336 e. The van der Waals surface area contributed by atoms with Crippen LogP contribution in [0, 0.1) is 0 Å². The van der Waals surface area contributed by atoms with Crippen molar-refractivity contribution in [1.82, 2.24) is 0 Å². The normalized spacial score (nSPS) is 18.3. The van der Waals surface area contributed by atoms with Crippen LogP contribution in [0.25, 0.3) is 6.08 Å². The molecule has 0 aliphatic carbocycles. The van der Waals surface area contributed by atoms with E-state index < -0.39 is 5.97 Å². The first kappa shape index (κ1) is 17.1. The zero-order valence-corrected chi connectivity index (χ0v) is 13.6. The molecule has 23 heavy (non-hydrogen) atoms. The highest BCUT2D eigenvalue weighted by Gasteiger charge is 2.13. The third-order valence-electron chi connectivity index (χ3n) is 3.94. The Kier molecular flexibility index (Phi) is 6.20. The quantitative estimate of drug-likeness (QED) is 0.897. The standard InChI is InChI=1S/C18H23NO4/c1-22-15-11-10-13(16(12-15)18(20)21)6-5-8-14-7-3-4-9-17(19-14)23-2/h5-6,10-12,14H,3-4,7-9H2,1-2H3,(H,20,21). The van der Waals surface area contributed by atoms with Crippen LogP contribution in [-0.2, 0) is 4.74 Å². The third-order valence-corrected chi connectivity index (χ3v) is 3.94. The Morgan fingerprint density at radius 1 is 1.35 bits per heavy atom. The Bertz CT molecular complexity index is 607. The van der Waals surface area contributed by atoms with Gasteiger partial charge in [0.1, 0.15) is 5.75 Å². The van der Waals surface area contributed by atoms with Gasteiger partial charge in [0.15, 0.2) is 5.90 Å². The Hall–Kier alpha value is -2.30. The van der Waals surface area contributed by atoms with E-state index in [9.17, 15) is 9.90 Å². The molecule has 5 heteroatoms. The molecule has 0 bridgehead atoms. The summed E-state index contributed by atoms with van der Waals surface area (Å²) in [6, 6.07) is 5.26. The topological polar surface area (TPSA) is 68.1 Å². The van der Waals surface area contributed by atoms with Crippen LogP contribution in [0.4, 0.5) is 0 Å². The second-order valence-corrected chi connectivity index (χ2v) is 5.52. The second-order valence-electron chi connectivity index (χ2n) is 5.52. The zero-order chi connectivity index (χ0) is 16.7. The maximum Gasteiger partial charge on any atom is 0.336 e. The van der Waals surface area contributed by atoms with Gasteiger partial charge >= 0.3 is 5.97 Å². The number of carbonyl (C=O) groups is 1. The maximum absolute atomic E-state index is 11.4. The monoisotopic (exact) mass is 317 g/mol. The highest BCUT2D eigenvalue weighted by atomic mass is 16.5. The number of carboxylic acid groups (broad SMARTS) is 1. The van der Waals surface area contributed by atoms with Gasteiger partial charge in [-0.3, -0.25) is 4.99 Å². The van der Waals surface area contributed by atoms with E-state index in [4.69, 9.17) is 9.47 Å². The van der Waals surface area contributed by atoms with Gasteiger partial charge in [-0.2, -0.15) is 0 Å². The van der Waals surface area contributed by atoms with Gasteiger partial charge in [0.2, 0.25) is 0 Å². The number of ether oxygens (including phenoxy) is 2. The first-order valence-corrected chi connectivity index (χ1v) is 7.82. The number of hydrogen-bond acceptors (Lipinski definition) is 4. The lowest BCUT2D eigenvalue weighted by atomic mass is 10.0. The molecule has 1 aliphatic heterocycles. The number of carboxylic acids is 1. The molecule has 0 spiro atoms. The molecule has 124 valence electrons. The van der Waals surface area contributed by atoms with Crippen LogP contribution in [-0.4, -0.2) is 37.2 Å². The van der Waals surface area contributed by atoms with E-state index in [1.54, 1.807) is 19.2 Å². The summed E-state index contributed by atoms with van der Waals surface area (Å²) in [7, 11) is 3.18. The zero-order valence-electron chi connectivity index (χ0n) is 13.6. The van der Waals surface area contributed by atoms with Gasteiger partial charge in [-0.15, -0.1) is 0 Å². The van der Waals surface area contributed by atoms with Crippen LogP contribution in [0.2, 0.25) is 0 Å². The minimum atomic E-state index is -0.960. The van der Waals surface area contributed by atoms with Crippen molar-refractivity contribution >= 4 is 17.9 Å². The molecule has 1 unspecified atom stereocenters. The minimum absolute atomic E-state index is 0.204. The molecular weight excluding hydrogens is 294 g/mol. The molecule has 2 rings (SSSR count). The predicted octanol–water partition coefficient (Wildman–Crippen LogP) is 3.78. The summed E-state index contributed by atoms with van der Waals surface area (Å²) in [5.41, 5.74) is 0.908. The van der Waals surface area contributed by atoms with Gasteiger partial charge in [0.25, 0.3) is 0 Å². The number of methoxy groups -OCH3 is 2. The molecule has 0 amide bonds. The lowest BCUT2D eigenvalue weighted by molar-refractivity contribution is 0.0696. The number of aromatic carboxylic acids is 1. The lowest BCUT2D eigenvalue weighted by Gasteiger charge is -2.09. The van der Waals surface area contributed by atoms with Gasteiger partial charge in [-0.05, 0) is 37.0 Å². The van der Waals surface area contributed by atoms with Gasteiger partial charge in [0, 0.05) is 6.42 Å². The van der Waals surface area contributed by atoms with E-state index in [-0.39, 0.29) is 11.6 Å². The van der Waals surface area contributed by atoms with E-state index in [1.165, 1.54) is 13.2 Å². The van der Waals surface area contributed by atoms with Crippen molar-refractivity contribution < 1.29 is 19.4 Å². The highest BCUT2D eigenvalue weighted by molar-refractivity contribution is 5.92. The largest absolute Gasteiger partial charge is 0.497 e. The van der Waals surface area contributed by atoms with Gasteiger partial charge in [-0.25, -0.2) is 4.79 Å². The summed E-state index contributed by atoms with van der Waals surface area (Å²) in [5.74, 6) is 0.395. The second kappa shape index (κ2) is 8.36. The molecule has 1 heterocycles. The van der Waals surface area contributed by atoms with Crippen molar-refractivity contribution in [2.24, 2.45) is 4.99 Å². The van der Waals surface area contributed by atoms with E-state index in [2.05, 4.69) is 4.99 Å². The number of aliphatic imine (C=N–C) groups is 1. The first-order chi connectivity index (χ1) is 11.1. The summed E-state index contributed by atoms with van der Waals surface area (Å²) >= 11 is 0. The van der Waals surface area contributed by atoms with E-state index >= 15 is 0 Å². The average molecular weight is 317 g/mol. The van der Waals surface area contributed by atoms with Gasteiger partial charge in [0.05, 0.1) is 25.8 Å². The Labute approximate surface area is 136 Å². The van der Waals surface area contributed by atoms with Crippen LogP contribution in [0.5, 0.6) is 5.75 Å². The van der Waals surface area contributed by atoms with Crippen LogP contribution in [0.1, 0.15) is 48.0 Å².